The monoisotopic (exact) mass is 332 g/mol. The molecule has 1 aliphatic rings. The Labute approximate surface area is 128 Å². The zero-order chi connectivity index (χ0) is 16.3. The summed E-state index contributed by atoms with van der Waals surface area (Å²) in [6.07, 6.45) is 1.02. The number of halogens is 2. The van der Waals surface area contributed by atoms with Crippen molar-refractivity contribution in [3.05, 3.63) is 29.8 Å². The molecular formula is C14H18F2N2O3S. The smallest absolute Gasteiger partial charge is 0.228 e. The number of sulfonamides is 1. The first-order valence-corrected chi connectivity index (χ1v) is 8.68. The molecule has 0 bridgehead atoms. The molecule has 1 heterocycles. The Morgan fingerprint density at radius 1 is 1.36 bits per heavy atom. The molecule has 122 valence electrons. The van der Waals surface area contributed by atoms with Gasteiger partial charge in [-0.15, -0.1) is 0 Å². The maximum Gasteiger partial charge on any atom is 0.228 e. The van der Waals surface area contributed by atoms with E-state index in [1.165, 1.54) is 17.3 Å². The Morgan fingerprint density at radius 3 is 2.59 bits per heavy atom. The number of carbonyl (C=O) groups is 1. The second-order valence-corrected chi connectivity index (χ2v) is 7.44. The molecule has 1 aromatic carbocycles. The number of para-hydroxylation sites is 1. The summed E-state index contributed by atoms with van der Waals surface area (Å²) in [5.41, 5.74) is -0.497. The number of nitrogens with zero attached hydrogens (tertiary/aromatic N) is 1. The molecule has 1 aromatic rings. The van der Waals surface area contributed by atoms with Crippen LogP contribution < -0.4 is 5.32 Å². The Hall–Kier alpha value is -1.54. The summed E-state index contributed by atoms with van der Waals surface area (Å²) in [6, 6.07) is 3.30. The van der Waals surface area contributed by atoms with E-state index in [2.05, 4.69) is 5.32 Å². The van der Waals surface area contributed by atoms with Crippen LogP contribution in [0.4, 0.5) is 14.5 Å². The van der Waals surface area contributed by atoms with Crippen molar-refractivity contribution >= 4 is 21.6 Å². The van der Waals surface area contributed by atoms with E-state index < -0.39 is 39.2 Å². The Kier molecular flexibility index (Phi) is 5.12. The van der Waals surface area contributed by atoms with Crippen molar-refractivity contribution in [1.82, 2.24) is 4.31 Å². The van der Waals surface area contributed by atoms with E-state index in [4.69, 9.17) is 0 Å². The van der Waals surface area contributed by atoms with Gasteiger partial charge in [-0.05, 0) is 31.9 Å². The van der Waals surface area contributed by atoms with Crippen LogP contribution in [-0.4, -0.2) is 37.5 Å². The van der Waals surface area contributed by atoms with Gasteiger partial charge in [-0.25, -0.2) is 21.5 Å². The van der Waals surface area contributed by atoms with Crippen LogP contribution in [0.3, 0.4) is 0 Å². The maximum absolute atomic E-state index is 13.5. The highest BCUT2D eigenvalue weighted by Crippen LogP contribution is 2.23. The highest BCUT2D eigenvalue weighted by Gasteiger charge is 2.32. The predicted octanol–water partition coefficient (Wildman–Crippen LogP) is 1.96. The molecule has 1 amide bonds. The van der Waals surface area contributed by atoms with Crippen LogP contribution in [0.2, 0.25) is 0 Å². The highest BCUT2D eigenvalue weighted by molar-refractivity contribution is 7.89. The number of amides is 1. The van der Waals surface area contributed by atoms with Gasteiger partial charge < -0.3 is 5.32 Å². The molecule has 1 N–H and O–H groups in total. The first-order chi connectivity index (χ1) is 10.3. The number of hydrogen-bond donors (Lipinski definition) is 1. The fourth-order valence-electron chi connectivity index (χ4n) is 2.43. The van der Waals surface area contributed by atoms with Gasteiger partial charge in [0.2, 0.25) is 15.9 Å². The predicted molar refractivity (Wildman–Crippen MR) is 78.7 cm³/mol. The quantitative estimate of drug-likeness (QED) is 0.917. The summed E-state index contributed by atoms with van der Waals surface area (Å²) in [5.74, 6) is -2.94. The van der Waals surface area contributed by atoms with E-state index in [1.54, 1.807) is 0 Å². The second kappa shape index (κ2) is 6.70. The van der Waals surface area contributed by atoms with E-state index in [1.807, 2.05) is 0 Å². The third-order valence-electron chi connectivity index (χ3n) is 3.72. The van der Waals surface area contributed by atoms with E-state index in [-0.39, 0.29) is 12.3 Å². The first kappa shape index (κ1) is 16.8. The topological polar surface area (TPSA) is 66.5 Å². The standard InChI is InChI=1S/C14H18F2N2O3S/c1-2-22(20,21)18-8-4-5-10(9-18)14(19)17-13-11(15)6-3-7-12(13)16/h3,6-7,10H,2,4-5,8-9H2,1H3,(H,17,19)/t10-/m0/s1. The van der Waals surface area contributed by atoms with Gasteiger partial charge in [0.15, 0.2) is 0 Å². The molecule has 2 rings (SSSR count). The molecule has 0 saturated carbocycles. The van der Waals surface area contributed by atoms with Crippen LogP contribution in [0.25, 0.3) is 0 Å². The van der Waals surface area contributed by atoms with Gasteiger partial charge in [0, 0.05) is 13.1 Å². The first-order valence-electron chi connectivity index (χ1n) is 7.08. The largest absolute Gasteiger partial charge is 0.321 e. The number of hydrogen-bond acceptors (Lipinski definition) is 3. The van der Waals surface area contributed by atoms with Crippen LogP contribution in [0.1, 0.15) is 19.8 Å². The maximum atomic E-state index is 13.5. The summed E-state index contributed by atoms with van der Waals surface area (Å²) in [6.45, 7) is 1.94. The van der Waals surface area contributed by atoms with E-state index in [0.717, 1.165) is 12.1 Å². The van der Waals surface area contributed by atoms with Crippen molar-refractivity contribution in [2.24, 2.45) is 5.92 Å². The van der Waals surface area contributed by atoms with Gasteiger partial charge in [-0.3, -0.25) is 4.79 Å². The molecule has 0 spiro atoms. The van der Waals surface area contributed by atoms with Gasteiger partial charge in [-0.1, -0.05) is 6.07 Å². The van der Waals surface area contributed by atoms with Crippen molar-refractivity contribution in [3.8, 4) is 0 Å². The Bertz CT molecular complexity index is 644. The van der Waals surface area contributed by atoms with Gasteiger partial charge in [0.25, 0.3) is 0 Å². The molecule has 1 atom stereocenters. The minimum absolute atomic E-state index is 0.0384. The second-order valence-electron chi connectivity index (χ2n) is 5.18. The van der Waals surface area contributed by atoms with Crippen molar-refractivity contribution in [1.29, 1.82) is 0 Å². The van der Waals surface area contributed by atoms with E-state index in [0.29, 0.717) is 19.4 Å². The van der Waals surface area contributed by atoms with Gasteiger partial charge in [0.05, 0.1) is 11.7 Å². The number of anilines is 1. The highest BCUT2D eigenvalue weighted by atomic mass is 32.2. The molecule has 22 heavy (non-hydrogen) atoms. The van der Waals surface area contributed by atoms with E-state index in [9.17, 15) is 22.0 Å². The zero-order valence-corrected chi connectivity index (χ0v) is 13.0. The molecule has 0 radical (unpaired) electrons. The summed E-state index contributed by atoms with van der Waals surface area (Å²) in [4.78, 5) is 12.2. The lowest BCUT2D eigenvalue weighted by molar-refractivity contribution is -0.120. The lowest BCUT2D eigenvalue weighted by Gasteiger charge is -2.30. The SMILES string of the molecule is CCS(=O)(=O)N1CCC[C@H](C(=O)Nc2c(F)cccc2F)C1. The van der Waals surface area contributed by atoms with Crippen LogP contribution in [0, 0.1) is 17.6 Å². The molecule has 0 unspecified atom stereocenters. The van der Waals surface area contributed by atoms with Gasteiger partial charge in [-0.2, -0.15) is 0 Å². The normalized spacial score (nSPS) is 19.9. The van der Waals surface area contributed by atoms with Crippen LogP contribution in [-0.2, 0) is 14.8 Å². The Morgan fingerprint density at radius 2 is 2.00 bits per heavy atom. The Balaban J connectivity index is 2.10. The zero-order valence-electron chi connectivity index (χ0n) is 12.2. The molecule has 1 saturated heterocycles. The lowest BCUT2D eigenvalue weighted by atomic mass is 9.98. The fourth-order valence-corrected chi connectivity index (χ4v) is 3.61. The summed E-state index contributed by atoms with van der Waals surface area (Å²) in [5, 5.41) is 2.23. The molecule has 1 aliphatic heterocycles. The molecule has 0 aromatic heterocycles. The van der Waals surface area contributed by atoms with Gasteiger partial charge in [0.1, 0.15) is 17.3 Å². The number of carbonyl (C=O) groups excluding carboxylic acids is 1. The lowest BCUT2D eigenvalue weighted by Crippen LogP contribution is -2.44. The van der Waals surface area contributed by atoms with Crippen molar-refractivity contribution in [3.63, 3.8) is 0 Å². The molecule has 5 nitrogen and oxygen atoms in total. The van der Waals surface area contributed by atoms with Crippen LogP contribution >= 0.6 is 0 Å². The number of nitrogens with one attached hydrogen (secondary N) is 1. The average molecular weight is 332 g/mol. The third kappa shape index (κ3) is 3.61. The van der Waals surface area contributed by atoms with Crippen LogP contribution in [0.15, 0.2) is 18.2 Å². The summed E-state index contributed by atoms with van der Waals surface area (Å²) < 4.78 is 52.1. The molecule has 1 fully saturated rings. The number of rotatable bonds is 4. The fraction of sp³-hybridized carbons (Fsp3) is 0.500. The molecule has 0 aliphatic carbocycles. The number of piperidine rings is 1. The number of benzene rings is 1. The minimum Gasteiger partial charge on any atom is -0.321 e. The minimum atomic E-state index is -3.37. The third-order valence-corrected chi connectivity index (χ3v) is 5.57. The van der Waals surface area contributed by atoms with Crippen molar-refractivity contribution < 1.29 is 22.0 Å². The van der Waals surface area contributed by atoms with Gasteiger partial charge >= 0.3 is 0 Å². The summed E-state index contributed by atoms with van der Waals surface area (Å²) in [7, 11) is -3.37. The van der Waals surface area contributed by atoms with E-state index >= 15 is 0 Å². The van der Waals surface area contributed by atoms with Crippen molar-refractivity contribution in [2.45, 2.75) is 19.8 Å². The molecule has 8 heteroatoms. The van der Waals surface area contributed by atoms with Crippen LogP contribution in [0.5, 0.6) is 0 Å². The summed E-state index contributed by atoms with van der Waals surface area (Å²) >= 11 is 0. The van der Waals surface area contributed by atoms with Crippen molar-refractivity contribution in [2.75, 3.05) is 24.2 Å². The average Bonchev–Trinajstić information content (AvgIpc) is 2.51. The molecular weight excluding hydrogens is 314 g/mol.